The van der Waals surface area contributed by atoms with Crippen LogP contribution in [0.5, 0.6) is 0 Å². The minimum absolute atomic E-state index is 0.00983. The first-order valence-corrected chi connectivity index (χ1v) is 11.0. The summed E-state index contributed by atoms with van der Waals surface area (Å²) in [6.07, 6.45) is -0.0785. The maximum Gasteiger partial charge on any atom is 0.529 e. The number of phosphoric ester groups is 1. The smallest absolute Gasteiger partial charge is 0.387 e. The van der Waals surface area contributed by atoms with Crippen LogP contribution in [0, 0.1) is 0 Å². The van der Waals surface area contributed by atoms with Gasteiger partial charge in [-0.1, -0.05) is 0 Å². The van der Waals surface area contributed by atoms with E-state index in [1.807, 2.05) is 0 Å². The summed E-state index contributed by atoms with van der Waals surface area (Å²) in [6.45, 7) is -0.685. The first-order chi connectivity index (χ1) is 15.7. The van der Waals surface area contributed by atoms with Crippen molar-refractivity contribution in [1.82, 2.24) is 29.5 Å². The van der Waals surface area contributed by atoms with Gasteiger partial charge in [0.1, 0.15) is 36.2 Å². The number of aromatic nitrogens is 6. The fourth-order valence-electron chi connectivity index (χ4n) is 3.24. The number of H-pyrrole nitrogens is 1. The quantitative estimate of drug-likeness (QED) is 0.189. The highest BCUT2D eigenvalue weighted by molar-refractivity contribution is 7.48. The predicted octanol–water partition coefficient (Wildman–Crippen LogP) is -2.02. The van der Waals surface area contributed by atoms with Crippen molar-refractivity contribution in [2.75, 3.05) is 12.3 Å². The van der Waals surface area contributed by atoms with Gasteiger partial charge in [0.25, 0.3) is 0 Å². The maximum atomic E-state index is 12.2. The van der Waals surface area contributed by atoms with Gasteiger partial charge in [0, 0.05) is 18.3 Å². The van der Waals surface area contributed by atoms with Crippen LogP contribution in [0.3, 0.4) is 0 Å². The normalized spacial score (nSPS) is 25.7. The van der Waals surface area contributed by atoms with Crippen molar-refractivity contribution in [3.8, 4) is 0 Å². The van der Waals surface area contributed by atoms with Gasteiger partial charge < -0.3 is 35.9 Å². The highest BCUT2D eigenvalue weighted by atomic mass is 31.2. The molecular formula is C16H21N8O8P. The molecule has 3 aromatic rings. The number of aliphatic hydroxyl groups is 2. The Hall–Kier alpha value is -2.98. The molecule has 17 heteroatoms. The lowest BCUT2D eigenvalue weighted by Crippen LogP contribution is -2.35. The number of rotatable bonds is 8. The first-order valence-electron chi connectivity index (χ1n) is 9.54. The summed E-state index contributed by atoms with van der Waals surface area (Å²) in [6, 6.07) is -1.25. The molecule has 0 radical (unpaired) electrons. The summed E-state index contributed by atoms with van der Waals surface area (Å²) in [5, 5.41) is 20.7. The number of fused-ring (bicyclic) bond motifs is 1. The molecular weight excluding hydrogens is 463 g/mol. The molecule has 0 aliphatic carbocycles. The molecule has 1 fully saturated rings. The van der Waals surface area contributed by atoms with Crippen LogP contribution in [0.4, 0.5) is 5.82 Å². The SMILES string of the molecule is Nc1ncnc2c1ncn2[C@@H]1O[C@H](COP(=O)(O)OC(=O)[C@@H](N)Cc2cnc[nH]2)[C@@H](O)[C@H]1O. The summed E-state index contributed by atoms with van der Waals surface area (Å²) < 4.78 is 28.4. The molecule has 8 N–H and O–H groups in total. The fraction of sp³-hybridized carbons (Fsp3) is 0.438. The maximum absolute atomic E-state index is 12.2. The van der Waals surface area contributed by atoms with E-state index in [-0.39, 0.29) is 23.4 Å². The predicted molar refractivity (Wildman–Crippen MR) is 108 cm³/mol. The Morgan fingerprint density at radius 1 is 1.33 bits per heavy atom. The van der Waals surface area contributed by atoms with Crippen molar-refractivity contribution in [3.05, 3.63) is 30.9 Å². The Bertz CT molecular complexity index is 1170. The summed E-state index contributed by atoms with van der Waals surface area (Å²) >= 11 is 0. The number of nitrogens with zero attached hydrogens (tertiary/aromatic N) is 5. The van der Waals surface area contributed by atoms with Crippen molar-refractivity contribution in [2.45, 2.75) is 37.0 Å². The Kier molecular flexibility index (Phi) is 6.40. The fourth-order valence-corrected chi connectivity index (χ4v) is 4.00. The van der Waals surface area contributed by atoms with Gasteiger partial charge in [0.15, 0.2) is 17.7 Å². The molecule has 4 rings (SSSR count). The molecule has 6 atom stereocenters. The zero-order chi connectivity index (χ0) is 23.8. The highest BCUT2D eigenvalue weighted by Gasteiger charge is 2.45. The zero-order valence-corrected chi connectivity index (χ0v) is 17.7. The third-order valence-electron chi connectivity index (χ3n) is 4.90. The lowest BCUT2D eigenvalue weighted by molar-refractivity contribution is -0.137. The van der Waals surface area contributed by atoms with Crippen molar-refractivity contribution < 1.29 is 38.3 Å². The number of nitrogens with one attached hydrogen (secondary N) is 1. The van der Waals surface area contributed by atoms with E-state index < -0.39 is 51.0 Å². The number of nitrogen functional groups attached to an aromatic ring is 1. The summed E-state index contributed by atoms with van der Waals surface area (Å²) in [7, 11) is -4.90. The van der Waals surface area contributed by atoms with Crippen LogP contribution in [0.15, 0.2) is 25.2 Å². The van der Waals surface area contributed by atoms with E-state index in [0.29, 0.717) is 5.69 Å². The van der Waals surface area contributed by atoms with Crippen molar-refractivity contribution in [3.63, 3.8) is 0 Å². The molecule has 0 amide bonds. The minimum atomic E-state index is -4.90. The lowest BCUT2D eigenvalue weighted by Gasteiger charge is -2.18. The van der Waals surface area contributed by atoms with Gasteiger partial charge in [0.05, 0.1) is 19.3 Å². The van der Waals surface area contributed by atoms with Gasteiger partial charge in [0.2, 0.25) is 0 Å². The van der Waals surface area contributed by atoms with Crippen LogP contribution in [0.2, 0.25) is 0 Å². The summed E-state index contributed by atoms with van der Waals surface area (Å²) in [4.78, 5) is 40.3. The molecule has 1 aliphatic heterocycles. The number of aromatic amines is 1. The van der Waals surface area contributed by atoms with Gasteiger partial charge >= 0.3 is 13.8 Å². The standard InChI is InChI=1S/C16H21N8O8P/c17-8(1-7-2-19-4-20-7)16(27)32-33(28,29)30-3-9-11(25)12(26)15(31-9)24-6-23-10-13(18)21-5-22-14(10)24/h2,4-6,8-9,11-12,15,25-26H,1,3,17H2,(H,19,20)(H,28,29)(H2,18,21,22)/t8-,9+,11+,12+,15+/m0/s1. The molecule has 0 aromatic carbocycles. The number of nitrogens with two attached hydrogens (primary N) is 2. The van der Waals surface area contributed by atoms with E-state index in [1.165, 1.54) is 29.7 Å². The van der Waals surface area contributed by atoms with Gasteiger partial charge in [-0.25, -0.2) is 29.3 Å². The number of hydrogen-bond donors (Lipinski definition) is 6. The average Bonchev–Trinajstić information content (AvgIpc) is 3.48. The molecule has 0 saturated carbocycles. The van der Waals surface area contributed by atoms with E-state index in [9.17, 15) is 24.5 Å². The van der Waals surface area contributed by atoms with E-state index in [4.69, 9.17) is 20.7 Å². The van der Waals surface area contributed by atoms with E-state index in [1.54, 1.807) is 0 Å². The van der Waals surface area contributed by atoms with Crippen molar-refractivity contribution in [1.29, 1.82) is 0 Å². The molecule has 0 spiro atoms. The third kappa shape index (κ3) is 4.86. The first kappa shape index (κ1) is 23.2. The van der Waals surface area contributed by atoms with Crippen LogP contribution in [-0.2, 0) is 29.6 Å². The number of hydrogen-bond acceptors (Lipinski definition) is 13. The number of carbonyl (C=O) groups excluding carboxylic acids is 1. The van der Waals surface area contributed by atoms with Crippen LogP contribution in [-0.4, -0.2) is 81.5 Å². The Morgan fingerprint density at radius 3 is 2.85 bits per heavy atom. The molecule has 178 valence electrons. The molecule has 16 nitrogen and oxygen atoms in total. The van der Waals surface area contributed by atoms with E-state index in [0.717, 1.165) is 0 Å². The monoisotopic (exact) mass is 484 g/mol. The number of aliphatic hydroxyl groups excluding tert-OH is 2. The van der Waals surface area contributed by atoms with Crippen molar-refractivity contribution in [2.24, 2.45) is 5.73 Å². The molecule has 0 bridgehead atoms. The number of anilines is 1. The molecule has 3 aromatic heterocycles. The topological polar surface area (TPSA) is 247 Å². The number of ether oxygens (including phenoxy) is 1. The number of carbonyl (C=O) groups is 1. The summed E-state index contributed by atoms with van der Waals surface area (Å²) in [5.74, 6) is -1.07. The van der Waals surface area contributed by atoms with E-state index >= 15 is 0 Å². The van der Waals surface area contributed by atoms with Crippen molar-refractivity contribution >= 4 is 30.8 Å². The molecule has 1 aliphatic rings. The van der Waals surface area contributed by atoms with Gasteiger partial charge in [-0.3, -0.25) is 14.0 Å². The Balaban J connectivity index is 1.37. The zero-order valence-electron chi connectivity index (χ0n) is 16.8. The second kappa shape index (κ2) is 9.11. The second-order valence-corrected chi connectivity index (χ2v) is 8.57. The number of phosphoric acid groups is 1. The van der Waals surface area contributed by atoms with Gasteiger partial charge in [-0.05, 0) is 0 Å². The Morgan fingerprint density at radius 2 is 2.12 bits per heavy atom. The average molecular weight is 484 g/mol. The summed E-state index contributed by atoms with van der Waals surface area (Å²) in [5.41, 5.74) is 12.4. The van der Waals surface area contributed by atoms with Crippen LogP contribution in [0.1, 0.15) is 11.9 Å². The molecule has 4 heterocycles. The van der Waals surface area contributed by atoms with Crippen LogP contribution < -0.4 is 11.5 Å². The third-order valence-corrected chi connectivity index (χ3v) is 5.79. The number of imidazole rings is 2. The van der Waals surface area contributed by atoms with Gasteiger partial charge in [-0.15, -0.1) is 0 Å². The minimum Gasteiger partial charge on any atom is -0.387 e. The second-order valence-electron chi connectivity index (χ2n) is 7.19. The Labute approximate surface area is 185 Å². The van der Waals surface area contributed by atoms with Gasteiger partial charge in [-0.2, -0.15) is 0 Å². The van der Waals surface area contributed by atoms with E-state index in [2.05, 4.69) is 29.4 Å². The van der Waals surface area contributed by atoms with Crippen LogP contribution >= 0.6 is 7.82 Å². The molecule has 1 saturated heterocycles. The molecule has 33 heavy (non-hydrogen) atoms. The lowest BCUT2D eigenvalue weighted by atomic mass is 10.1. The molecule has 1 unspecified atom stereocenters. The largest absolute Gasteiger partial charge is 0.529 e. The van der Waals surface area contributed by atoms with Crippen LogP contribution in [0.25, 0.3) is 11.2 Å². The highest BCUT2D eigenvalue weighted by Crippen LogP contribution is 2.45.